The maximum atomic E-state index is 12.4. The number of rotatable bonds is 5. The van der Waals surface area contributed by atoms with Crippen molar-refractivity contribution in [2.45, 2.75) is 38.0 Å². The Morgan fingerprint density at radius 1 is 1.04 bits per heavy atom. The number of hydrogen-bond donors (Lipinski definition) is 0. The van der Waals surface area contributed by atoms with Gasteiger partial charge >= 0.3 is 0 Å². The van der Waals surface area contributed by atoms with Crippen molar-refractivity contribution >= 4 is 22.4 Å². The quantitative estimate of drug-likeness (QED) is 0.789. The molecule has 2 heterocycles. The van der Waals surface area contributed by atoms with Crippen LogP contribution in [0.3, 0.4) is 0 Å². The standard InChI is InChI=1S/C20H26N4O2S/c25-18(15-26-17-9-5-2-6-10-17)23-11-13-24(14-12-23)20-22-21-19(27-20)16-7-3-1-4-8-16/h2,5-6,9-10,16H,1,3-4,7-8,11-15H2. The van der Waals surface area contributed by atoms with E-state index in [0.717, 1.165) is 24.0 Å². The SMILES string of the molecule is O=C(COc1ccccc1)N1CCN(c2nnc(C3CCCCC3)s2)CC1. The van der Waals surface area contributed by atoms with Gasteiger partial charge in [0.25, 0.3) is 5.91 Å². The van der Waals surface area contributed by atoms with E-state index in [2.05, 4.69) is 15.1 Å². The van der Waals surface area contributed by atoms with Crippen molar-refractivity contribution in [2.75, 3.05) is 37.7 Å². The lowest BCUT2D eigenvalue weighted by Gasteiger charge is -2.34. The molecule has 0 radical (unpaired) electrons. The molecule has 6 nitrogen and oxygen atoms in total. The molecular weight excluding hydrogens is 360 g/mol. The number of carbonyl (C=O) groups is 1. The first-order valence-electron chi connectivity index (χ1n) is 9.83. The number of piperazine rings is 1. The molecule has 144 valence electrons. The van der Waals surface area contributed by atoms with Crippen molar-refractivity contribution in [2.24, 2.45) is 0 Å². The van der Waals surface area contributed by atoms with Crippen molar-refractivity contribution in [3.05, 3.63) is 35.3 Å². The summed E-state index contributed by atoms with van der Waals surface area (Å²) < 4.78 is 5.58. The predicted molar refractivity (Wildman–Crippen MR) is 106 cm³/mol. The van der Waals surface area contributed by atoms with Crippen LogP contribution in [0, 0.1) is 0 Å². The van der Waals surface area contributed by atoms with Gasteiger partial charge in [-0.05, 0) is 25.0 Å². The Hall–Kier alpha value is -2.15. The average molecular weight is 387 g/mol. The van der Waals surface area contributed by atoms with Gasteiger partial charge in [0.1, 0.15) is 10.8 Å². The maximum absolute atomic E-state index is 12.4. The Bertz CT molecular complexity index is 737. The molecule has 2 aliphatic rings. The van der Waals surface area contributed by atoms with E-state index in [1.807, 2.05) is 35.2 Å². The molecular formula is C20H26N4O2S. The summed E-state index contributed by atoms with van der Waals surface area (Å²) in [5.74, 6) is 1.37. The van der Waals surface area contributed by atoms with Crippen LogP contribution in [0.1, 0.15) is 43.0 Å². The van der Waals surface area contributed by atoms with Gasteiger partial charge in [0, 0.05) is 32.1 Å². The summed E-state index contributed by atoms with van der Waals surface area (Å²) in [6.45, 7) is 3.10. The van der Waals surface area contributed by atoms with Gasteiger partial charge in [0.05, 0.1) is 0 Å². The molecule has 27 heavy (non-hydrogen) atoms. The van der Waals surface area contributed by atoms with Crippen LogP contribution in [-0.2, 0) is 4.79 Å². The molecule has 7 heteroatoms. The maximum Gasteiger partial charge on any atom is 0.260 e. The van der Waals surface area contributed by atoms with Gasteiger partial charge < -0.3 is 14.5 Å². The molecule has 1 saturated heterocycles. The Balaban J connectivity index is 1.26. The topological polar surface area (TPSA) is 58.6 Å². The third kappa shape index (κ3) is 4.58. The Labute approximate surface area is 164 Å². The Morgan fingerprint density at radius 3 is 2.52 bits per heavy atom. The average Bonchev–Trinajstić information content (AvgIpc) is 3.24. The van der Waals surface area contributed by atoms with Crippen molar-refractivity contribution < 1.29 is 9.53 Å². The van der Waals surface area contributed by atoms with E-state index in [4.69, 9.17) is 4.74 Å². The lowest BCUT2D eigenvalue weighted by atomic mass is 9.90. The summed E-state index contributed by atoms with van der Waals surface area (Å²) in [5, 5.41) is 11.1. The highest BCUT2D eigenvalue weighted by Gasteiger charge is 2.25. The number of benzene rings is 1. The number of para-hydroxylation sites is 1. The summed E-state index contributed by atoms with van der Waals surface area (Å²) in [4.78, 5) is 16.5. The molecule has 0 unspecified atom stereocenters. The van der Waals surface area contributed by atoms with Crippen molar-refractivity contribution in [1.29, 1.82) is 0 Å². The van der Waals surface area contributed by atoms with Crippen LogP contribution in [0.15, 0.2) is 30.3 Å². The third-order valence-corrected chi connectivity index (χ3v) is 6.54. The molecule has 0 atom stereocenters. The van der Waals surface area contributed by atoms with Crippen LogP contribution in [0.2, 0.25) is 0 Å². The minimum Gasteiger partial charge on any atom is -0.484 e. The van der Waals surface area contributed by atoms with Gasteiger partial charge in [-0.25, -0.2) is 0 Å². The molecule has 0 N–H and O–H groups in total. The lowest BCUT2D eigenvalue weighted by Crippen LogP contribution is -2.50. The largest absolute Gasteiger partial charge is 0.484 e. The summed E-state index contributed by atoms with van der Waals surface area (Å²) in [7, 11) is 0. The molecule has 1 amide bonds. The van der Waals surface area contributed by atoms with Crippen LogP contribution in [-0.4, -0.2) is 53.8 Å². The summed E-state index contributed by atoms with van der Waals surface area (Å²) >= 11 is 1.74. The summed E-state index contributed by atoms with van der Waals surface area (Å²) in [5.41, 5.74) is 0. The van der Waals surface area contributed by atoms with Gasteiger partial charge in [-0.15, -0.1) is 10.2 Å². The zero-order valence-corrected chi connectivity index (χ0v) is 16.4. The second-order valence-corrected chi connectivity index (χ2v) is 8.21. The van der Waals surface area contributed by atoms with E-state index >= 15 is 0 Å². The molecule has 0 bridgehead atoms. The number of ether oxygens (including phenoxy) is 1. The number of nitrogens with zero attached hydrogens (tertiary/aromatic N) is 4. The number of anilines is 1. The second-order valence-electron chi connectivity index (χ2n) is 7.23. The molecule has 4 rings (SSSR count). The van der Waals surface area contributed by atoms with Crippen molar-refractivity contribution in [3.63, 3.8) is 0 Å². The molecule has 0 spiro atoms. The number of aromatic nitrogens is 2. The monoisotopic (exact) mass is 386 g/mol. The van der Waals surface area contributed by atoms with Crippen LogP contribution in [0.25, 0.3) is 0 Å². The van der Waals surface area contributed by atoms with Crippen LogP contribution in [0.5, 0.6) is 5.75 Å². The van der Waals surface area contributed by atoms with Crippen molar-refractivity contribution in [1.82, 2.24) is 15.1 Å². The molecule has 1 aromatic carbocycles. The summed E-state index contributed by atoms with van der Waals surface area (Å²) in [6, 6.07) is 9.47. The number of carbonyl (C=O) groups excluding carboxylic acids is 1. The van der Waals surface area contributed by atoms with Gasteiger partial charge in [-0.1, -0.05) is 48.8 Å². The van der Waals surface area contributed by atoms with Gasteiger partial charge in [0.15, 0.2) is 6.61 Å². The zero-order valence-electron chi connectivity index (χ0n) is 15.5. The molecule has 2 fully saturated rings. The van der Waals surface area contributed by atoms with E-state index in [1.165, 1.54) is 37.1 Å². The van der Waals surface area contributed by atoms with E-state index in [0.29, 0.717) is 19.0 Å². The first-order valence-corrected chi connectivity index (χ1v) is 10.7. The smallest absolute Gasteiger partial charge is 0.260 e. The normalized spacial score (nSPS) is 18.5. The second kappa shape index (κ2) is 8.69. The van der Waals surface area contributed by atoms with E-state index in [-0.39, 0.29) is 12.5 Å². The Kier molecular flexibility index (Phi) is 5.87. The van der Waals surface area contributed by atoms with Gasteiger partial charge in [-0.3, -0.25) is 4.79 Å². The highest BCUT2D eigenvalue weighted by molar-refractivity contribution is 7.15. The van der Waals surface area contributed by atoms with E-state index in [9.17, 15) is 4.79 Å². The molecule has 1 saturated carbocycles. The fourth-order valence-electron chi connectivity index (χ4n) is 3.77. The van der Waals surface area contributed by atoms with Crippen molar-refractivity contribution in [3.8, 4) is 5.75 Å². The number of amides is 1. The first-order chi connectivity index (χ1) is 13.3. The Morgan fingerprint density at radius 2 is 1.78 bits per heavy atom. The first kappa shape index (κ1) is 18.2. The molecule has 1 aliphatic heterocycles. The summed E-state index contributed by atoms with van der Waals surface area (Å²) in [6.07, 6.45) is 6.47. The van der Waals surface area contributed by atoms with Gasteiger partial charge in [0.2, 0.25) is 5.13 Å². The predicted octanol–water partition coefficient (Wildman–Crippen LogP) is 3.31. The third-order valence-electron chi connectivity index (χ3n) is 5.39. The fourth-order valence-corrected chi connectivity index (χ4v) is 4.83. The molecule has 1 aliphatic carbocycles. The van der Waals surface area contributed by atoms with Crippen LogP contribution in [0.4, 0.5) is 5.13 Å². The van der Waals surface area contributed by atoms with E-state index < -0.39 is 0 Å². The van der Waals surface area contributed by atoms with Gasteiger partial charge in [-0.2, -0.15) is 0 Å². The van der Waals surface area contributed by atoms with Crippen LogP contribution < -0.4 is 9.64 Å². The highest BCUT2D eigenvalue weighted by atomic mass is 32.1. The minimum absolute atomic E-state index is 0.0404. The van der Waals surface area contributed by atoms with E-state index in [1.54, 1.807) is 11.3 Å². The van der Waals surface area contributed by atoms with Crippen LogP contribution >= 0.6 is 11.3 Å². The fraction of sp³-hybridized carbons (Fsp3) is 0.550. The zero-order chi connectivity index (χ0) is 18.5. The molecule has 1 aromatic heterocycles. The number of hydrogen-bond acceptors (Lipinski definition) is 6. The minimum atomic E-state index is 0.0404. The lowest BCUT2D eigenvalue weighted by molar-refractivity contribution is -0.133. The molecule has 2 aromatic rings. The highest BCUT2D eigenvalue weighted by Crippen LogP contribution is 2.36.